The molecule has 4 nitrogen and oxygen atoms in total. The number of rotatable bonds is 3. The first kappa shape index (κ1) is 11.4. The lowest BCUT2D eigenvalue weighted by Gasteiger charge is -2.11. The summed E-state index contributed by atoms with van der Waals surface area (Å²) in [4.78, 5) is 11.4. The van der Waals surface area contributed by atoms with Crippen LogP contribution in [0.5, 0.6) is 0 Å². The fraction of sp³-hybridized carbons (Fsp3) is 0.364. The van der Waals surface area contributed by atoms with Gasteiger partial charge in [0, 0.05) is 0 Å². The Morgan fingerprint density at radius 2 is 2.07 bits per heavy atom. The van der Waals surface area contributed by atoms with Crippen LogP contribution in [0.2, 0.25) is 0 Å². The van der Waals surface area contributed by atoms with E-state index >= 15 is 0 Å². The summed E-state index contributed by atoms with van der Waals surface area (Å²) in [5.41, 5.74) is 13.1. The molecule has 4 N–H and O–H groups in total. The minimum Gasteiger partial charge on any atom is -0.466 e. The van der Waals surface area contributed by atoms with E-state index in [0.29, 0.717) is 18.0 Å². The molecule has 1 unspecified atom stereocenters. The fourth-order valence-corrected chi connectivity index (χ4v) is 1.27. The molecule has 0 fully saturated rings. The summed E-state index contributed by atoms with van der Waals surface area (Å²) in [5.74, 6) is -0.561. The molecule has 0 aliphatic carbocycles. The van der Waals surface area contributed by atoms with E-state index in [0.717, 1.165) is 5.56 Å². The molecule has 0 amide bonds. The SMILES string of the molecule is CCOC(=O)C(C)c1ccc(N)c(N)c1. The maximum absolute atomic E-state index is 11.4. The molecule has 82 valence electrons. The van der Waals surface area contributed by atoms with E-state index < -0.39 is 0 Å². The number of hydrogen-bond donors (Lipinski definition) is 2. The number of anilines is 2. The summed E-state index contributed by atoms with van der Waals surface area (Å²) in [5, 5.41) is 0. The smallest absolute Gasteiger partial charge is 0.313 e. The Labute approximate surface area is 89.2 Å². The van der Waals surface area contributed by atoms with Crippen molar-refractivity contribution in [1.82, 2.24) is 0 Å². The van der Waals surface area contributed by atoms with Crippen LogP contribution < -0.4 is 11.5 Å². The number of nitrogen functional groups attached to an aromatic ring is 2. The summed E-state index contributed by atoms with van der Waals surface area (Å²) in [6.07, 6.45) is 0. The van der Waals surface area contributed by atoms with Crippen LogP contribution in [0.4, 0.5) is 11.4 Å². The number of esters is 1. The van der Waals surface area contributed by atoms with Gasteiger partial charge in [-0.2, -0.15) is 0 Å². The van der Waals surface area contributed by atoms with Crippen molar-refractivity contribution in [2.24, 2.45) is 0 Å². The molecule has 1 atom stereocenters. The zero-order chi connectivity index (χ0) is 11.4. The number of carbonyl (C=O) groups is 1. The molecule has 0 aliphatic rings. The van der Waals surface area contributed by atoms with Crippen LogP contribution >= 0.6 is 0 Å². The van der Waals surface area contributed by atoms with E-state index in [1.165, 1.54) is 0 Å². The van der Waals surface area contributed by atoms with Crippen LogP contribution in [0.15, 0.2) is 18.2 Å². The lowest BCUT2D eigenvalue weighted by Crippen LogP contribution is -2.13. The van der Waals surface area contributed by atoms with Gasteiger partial charge in [0.05, 0.1) is 23.9 Å². The van der Waals surface area contributed by atoms with Crippen molar-refractivity contribution >= 4 is 17.3 Å². The van der Waals surface area contributed by atoms with Gasteiger partial charge in [0.2, 0.25) is 0 Å². The number of ether oxygens (including phenoxy) is 1. The topological polar surface area (TPSA) is 78.3 Å². The lowest BCUT2D eigenvalue weighted by molar-refractivity contribution is -0.144. The van der Waals surface area contributed by atoms with Gasteiger partial charge in [-0.05, 0) is 31.5 Å². The zero-order valence-corrected chi connectivity index (χ0v) is 8.99. The van der Waals surface area contributed by atoms with Crippen molar-refractivity contribution in [3.63, 3.8) is 0 Å². The third-order valence-electron chi connectivity index (χ3n) is 2.25. The molecule has 15 heavy (non-hydrogen) atoms. The maximum Gasteiger partial charge on any atom is 0.313 e. The summed E-state index contributed by atoms with van der Waals surface area (Å²) < 4.78 is 4.92. The molecule has 0 aromatic heterocycles. The van der Waals surface area contributed by atoms with E-state index in [4.69, 9.17) is 16.2 Å². The second-order valence-electron chi connectivity index (χ2n) is 3.36. The van der Waals surface area contributed by atoms with Crippen molar-refractivity contribution in [3.8, 4) is 0 Å². The van der Waals surface area contributed by atoms with Crippen LogP contribution in [0, 0.1) is 0 Å². The number of nitrogens with two attached hydrogens (primary N) is 2. The Morgan fingerprint density at radius 1 is 1.40 bits per heavy atom. The Bertz CT molecular complexity index is 364. The molecular weight excluding hydrogens is 192 g/mol. The van der Waals surface area contributed by atoms with E-state index in [-0.39, 0.29) is 11.9 Å². The molecule has 0 heterocycles. The zero-order valence-electron chi connectivity index (χ0n) is 8.99. The molecule has 0 aliphatic heterocycles. The van der Waals surface area contributed by atoms with Gasteiger partial charge in [-0.25, -0.2) is 0 Å². The van der Waals surface area contributed by atoms with Crippen LogP contribution in [0.1, 0.15) is 25.3 Å². The highest BCUT2D eigenvalue weighted by molar-refractivity contribution is 5.79. The molecule has 0 saturated carbocycles. The number of carbonyl (C=O) groups excluding carboxylic acids is 1. The molecular formula is C11H16N2O2. The highest BCUT2D eigenvalue weighted by atomic mass is 16.5. The molecule has 1 aromatic rings. The largest absolute Gasteiger partial charge is 0.466 e. The van der Waals surface area contributed by atoms with Crippen LogP contribution in [-0.2, 0) is 9.53 Å². The van der Waals surface area contributed by atoms with E-state index in [2.05, 4.69) is 0 Å². The van der Waals surface area contributed by atoms with E-state index in [1.807, 2.05) is 0 Å². The van der Waals surface area contributed by atoms with Gasteiger partial charge in [0.15, 0.2) is 0 Å². The summed E-state index contributed by atoms with van der Waals surface area (Å²) >= 11 is 0. The minimum absolute atomic E-state index is 0.248. The van der Waals surface area contributed by atoms with Gasteiger partial charge in [-0.1, -0.05) is 6.07 Å². The molecule has 1 rings (SSSR count). The third kappa shape index (κ3) is 2.62. The predicted molar refractivity (Wildman–Crippen MR) is 60.3 cm³/mol. The second-order valence-corrected chi connectivity index (χ2v) is 3.36. The summed E-state index contributed by atoms with van der Waals surface area (Å²) in [6, 6.07) is 5.19. The maximum atomic E-state index is 11.4. The summed E-state index contributed by atoms with van der Waals surface area (Å²) in [6.45, 7) is 3.94. The Balaban J connectivity index is 2.86. The molecule has 4 heteroatoms. The normalized spacial score (nSPS) is 12.1. The molecule has 1 aromatic carbocycles. The van der Waals surface area contributed by atoms with E-state index in [9.17, 15) is 4.79 Å². The Hall–Kier alpha value is -1.71. The van der Waals surface area contributed by atoms with Gasteiger partial charge in [-0.15, -0.1) is 0 Å². The van der Waals surface area contributed by atoms with Crippen molar-refractivity contribution in [3.05, 3.63) is 23.8 Å². The van der Waals surface area contributed by atoms with Crippen molar-refractivity contribution in [1.29, 1.82) is 0 Å². The quantitative estimate of drug-likeness (QED) is 0.583. The average molecular weight is 208 g/mol. The van der Waals surface area contributed by atoms with E-state index in [1.54, 1.807) is 32.0 Å². The number of hydrogen-bond acceptors (Lipinski definition) is 4. The number of benzene rings is 1. The monoisotopic (exact) mass is 208 g/mol. The third-order valence-corrected chi connectivity index (χ3v) is 2.25. The first-order chi connectivity index (χ1) is 7.06. The second kappa shape index (κ2) is 4.68. The first-order valence-electron chi connectivity index (χ1n) is 4.87. The molecule has 0 saturated heterocycles. The predicted octanol–water partition coefficient (Wildman–Crippen LogP) is 1.52. The average Bonchev–Trinajstić information content (AvgIpc) is 2.21. The fourth-order valence-electron chi connectivity index (χ4n) is 1.27. The lowest BCUT2D eigenvalue weighted by atomic mass is 10.0. The highest BCUT2D eigenvalue weighted by Crippen LogP contribution is 2.23. The van der Waals surface area contributed by atoms with Crippen molar-refractivity contribution < 1.29 is 9.53 Å². The van der Waals surface area contributed by atoms with Gasteiger partial charge >= 0.3 is 5.97 Å². The van der Waals surface area contributed by atoms with Crippen LogP contribution in [0.3, 0.4) is 0 Å². The molecule has 0 spiro atoms. The molecule has 0 bridgehead atoms. The Morgan fingerprint density at radius 3 is 2.60 bits per heavy atom. The van der Waals surface area contributed by atoms with Crippen LogP contribution in [0.25, 0.3) is 0 Å². The van der Waals surface area contributed by atoms with Gasteiger partial charge in [0.25, 0.3) is 0 Å². The standard InChI is InChI=1S/C11H16N2O2/c1-3-15-11(14)7(2)8-4-5-9(12)10(13)6-8/h4-7H,3,12-13H2,1-2H3. The minimum atomic E-state index is -0.312. The summed E-state index contributed by atoms with van der Waals surface area (Å²) in [7, 11) is 0. The Kier molecular flexibility index (Phi) is 3.55. The van der Waals surface area contributed by atoms with Crippen LogP contribution in [-0.4, -0.2) is 12.6 Å². The van der Waals surface area contributed by atoms with Gasteiger partial charge in [0.1, 0.15) is 0 Å². The molecule has 0 radical (unpaired) electrons. The van der Waals surface area contributed by atoms with Crippen molar-refractivity contribution in [2.45, 2.75) is 19.8 Å². The van der Waals surface area contributed by atoms with Gasteiger partial charge < -0.3 is 16.2 Å². The van der Waals surface area contributed by atoms with Crippen molar-refractivity contribution in [2.75, 3.05) is 18.1 Å². The first-order valence-corrected chi connectivity index (χ1v) is 4.87. The highest BCUT2D eigenvalue weighted by Gasteiger charge is 2.16. The van der Waals surface area contributed by atoms with Gasteiger partial charge in [-0.3, -0.25) is 4.79 Å².